The maximum Gasteiger partial charge on any atom is 0.214 e. The van der Waals surface area contributed by atoms with Crippen LogP contribution in [0.2, 0.25) is 0 Å². The van der Waals surface area contributed by atoms with Crippen LogP contribution < -0.4 is 4.72 Å². The molecule has 0 heterocycles. The number of alkyl halides is 1. The quantitative estimate of drug-likeness (QED) is 0.718. The Morgan fingerprint density at radius 2 is 2.00 bits per heavy atom. The number of hydrogen-bond donors (Lipinski definition) is 1. The molecular weight excluding hydrogens is 210 g/mol. The van der Waals surface area contributed by atoms with Gasteiger partial charge in [0.25, 0.3) is 0 Å². The SMILES string of the molecule is CC(C)C(Cl)CNS(=O)(=O)C1CC1. The van der Waals surface area contributed by atoms with Gasteiger partial charge in [-0.2, -0.15) is 0 Å². The Balaban J connectivity index is 2.33. The molecule has 1 aliphatic rings. The fourth-order valence-electron chi connectivity index (χ4n) is 0.928. The minimum atomic E-state index is -3.05. The zero-order valence-electron chi connectivity index (χ0n) is 7.96. The highest BCUT2D eigenvalue weighted by molar-refractivity contribution is 7.90. The third-order valence-electron chi connectivity index (χ3n) is 2.17. The third kappa shape index (κ3) is 3.44. The molecule has 1 unspecified atom stereocenters. The van der Waals surface area contributed by atoms with Crippen molar-refractivity contribution < 1.29 is 8.42 Å². The lowest BCUT2D eigenvalue weighted by atomic mass is 10.1. The van der Waals surface area contributed by atoms with E-state index in [1.54, 1.807) is 0 Å². The summed E-state index contributed by atoms with van der Waals surface area (Å²) >= 11 is 5.92. The summed E-state index contributed by atoms with van der Waals surface area (Å²) in [7, 11) is -3.05. The fourth-order valence-corrected chi connectivity index (χ4v) is 2.50. The number of rotatable bonds is 5. The smallest absolute Gasteiger partial charge is 0.214 e. The van der Waals surface area contributed by atoms with E-state index in [0.29, 0.717) is 12.5 Å². The van der Waals surface area contributed by atoms with Crippen LogP contribution in [0.1, 0.15) is 26.7 Å². The van der Waals surface area contributed by atoms with Gasteiger partial charge in [-0.3, -0.25) is 0 Å². The first-order valence-corrected chi connectivity index (χ1v) is 6.54. The maximum absolute atomic E-state index is 11.4. The van der Waals surface area contributed by atoms with Crippen LogP contribution in [0.15, 0.2) is 0 Å². The van der Waals surface area contributed by atoms with Gasteiger partial charge >= 0.3 is 0 Å². The topological polar surface area (TPSA) is 46.2 Å². The van der Waals surface area contributed by atoms with Gasteiger partial charge in [-0.15, -0.1) is 11.6 Å². The van der Waals surface area contributed by atoms with Crippen LogP contribution in [0.3, 0.4) is 0 Å². The number of sulfonamides is 1. The molecule has 0 aliphatic heterocycles. The van der Waals surface area contributed by atoms with Gasteiger partial charge in [-0.05, 0) is 18.8 Å². The maximum atomic E-state index is 11.4. The Kier molecular flexibility index (Phi) is 3.60. The number of halogens is 1. The molecule has 0 spiro atoms. The highest BCUT2D eigenvalue weighted by Gasteiger charge is 2.35. The Bertz CT molecular complexity index is 259. The molecular formula is C8H16ClNO2S. The van der Waals surface area contributed by atoms with Gasteiger partial charge in [0.2, 0.25) is 10.0 Å². The van der Waals surface area contributed by atoms with E-state index in [1.807, 2.05) is 13.8 Å². The molecule has 5 heteroatoms. The molecule has 1 atom stereocenters. The van der Waals surface area contributed by atoms with Crippen molar-refractivity contribution in [3.63, 3.8) is 0 Å². The van der Waals surface area contributed by atoms with Crippen molar-refractivity contribution in [2.75, 3.05) is 6.54 Å². The van der Waals surface area contributed by atoms with E-state index in [0.717, 1.165) is 12.8 Å². The first-order valence-electron chi connectivity index (χ1n) is 4.56. The minimum Gasteiger partial charge on any atom is -0.214 e. The average Bonchev–Trinajstić information content (AvgIpc) is 2.81. The van der Waals surface area contributed by atoms with Crippen LogP contribution in [-0.2, 0) is 10.0 Å². The molecule has 0 aromatic heterocycles. The van der Waals surface area contributed by atoms with Gasteiger partial charge in [0.15, 0.2) is 0 Å². The van der Waals surface area contributed by atoms with E-state index in [4.69, 9.17) is 11.6 Å². The molecule has 3 nitrogen and oxygen atoms in total. The Morgan fingerprint density at radius 1 is 1.46 bits per heavy atom. The van der Waals surface area contributed by atoms with E-state index in [-0.39, 0.29) is 10.6 Å². The van der Waals surface area contributed by atoms with E-state index < -0.39 is 10.0 Å². The fraction of sp³-hybridized carbons (Fsp3) is 1.00. The summed E-state index contributed by atoms with van der Waals surface area (Å²) in [6.07, 6.45) is 1.59. The molecule has 0 saturated heterocycles. The molecule has 0 aromatic rings. The van der Waals surface area contributed by atoms with E-state index in [2.05, 4.69) is 4.72 Å². The van der Waals surface area contributed by atoms with Crippen LogP contribution in [0.5, 0.6) is 0 Å². The van der Waals surface area contributed by atoms with Gasteiger partial charge in [-0.25, -0.2) is 13.1 Å². The minimum absolute atomic E-state index is 0.117. The molecule has 0 radical (unpaired) electrons. The largest absolute Gasteiger partial charge is 0.214 e. The molecule has 1 saturated carbocycles. The zero-order valence-corrected chi connectivity index (χ0v) is 9.53. The molecule has 78 valence electrons. The van der Waals surface area contributed by atoms with Gasteiger partial charge in [0, 0.05) is 11.9 Å². The average molecular weight is 226 g/mol. The van der Waals surface area contributed by atoms with E-state index in [9.17, 15) is 8.42 Å². The van der Waals surface area contributed by atoms with Crippen molar-refractivity contribution in [3.8, 4) is 0 Å². The summed E-state index contributed by atoms with van der Waals surface area (Å²) in [6.45, 7) is 4.30. The highest BCUT2D eigenvalue weighted by Crippen LogP contribution is 2.27. The standard InChI is InChI=1S/C8H16ClNO2S/c1-6(2)8(9)5-10-13(11,12)7-3-4-7/h6-8,10H,3-5H2,1-2H3. The second kappa shape index (κ2) is 4.15. The summed E-state index contributed by atoms with van der Waals surface area (Å²) in [4.78, 5) is 0. The lowest BCUT2D eigenvalue weighted by Crippen LogP contribution is -2.34. The normalized spacial score (nSPS) is 20.6. The van der Waals surface area contributed by atoms with Gasteiger partial charge in [0.1, 0.15) is 0 Å². The summed E-state index contributed by atoms with van der Waals surface area (Å²) in [5, 5.41) is -0.267. The summed E-state index contributed by atoms with van der Waals surface area (Å²) in [6, 6.07) is 0. The van der Waals surface area contributed by atoms with Crippen LogP contribution in [0, 0.1) is 5.92 Å². The van der Waals surface area contributed by atoms with Crippen molar-refractivity contribution >= 4 is 21.6 Å². The summed E-state index contributed by atoms with van der Waals surface area (Å²) < 4.78 is 25.2. The Hall–Kier alpha value is 0.200. The Morgan fingerprint density at radius 3 is 2.38 bits per heavy atom. The molecule has 1 fully saturated rings. The van der Waals surface area contributed by atoms with Crippen molar-refractivity contribution in [2.24, 2.45) is 5.92 Å². The molecule has 0 bridgehead atoms. The second-order valence-electron chi connectivity index (χ2n) is 3.85. The van der Waals surface area contributed by atoms with Crippen molar-refractivity contribution in [3.05, 3.63) is 0 Å². The monoisotopic (exact) mass is 225 g/mol. The number of nitrogens with one attached hydrogen (secondary N) is 1. The van der Waals surface area contributed by atoms with Crippen molar-refractivity contribution in [1.29, 1.82) is 0 Å². The molecule has 1 aliphatic carbocycles. The van der Waals surface area contributed by atoms with Crippen LogP contribution >= 0.6 is 11.6 Å². The predicted molar refractivity (Wildman–Crippen MR) is 54.4 cm³/mol. The highest BCUT2D eigenvalue weighted by atomic mass is 35.5. The number of hydrogen-bond acceptors (Lipinski definition) is 2. The third-order valence-corrected chi connectivity index (χ3v) is 4.74. The van der Waals surface area contributed by atoms with E-state index in [1.165, 1.54) is 0 Å². The van der Waals surface area contributed by atoms with Crippen molar-refractivity contribution in [1.82, 2.24) is 4.72 Å². The molecule has 13 heavy (non-hydrogen) atoms. The van der Waals surface area contributed by atoms with E-state index >= 15 is 0 Å². The van der Waals surface area contributed by atoms with Crippen LogP contribution in [-0.4, -0.2) is 25.6 Å². The zero-order chi connectivity index (χ0) is 10.1. The van der Waals surface area contributed by atoms with Crippen LogP contribution in [0.25, 0.3) is 0 Å². The molecule has 0 amide bonds. The van der Waals surface area contributed by atoms with Crippen LogP contribution in [0.4, 0.5) is 0 Å². The lowest BCUT2D eigenvalue weighted by molar-refractivity contribution is 0.555. The lowest BCUT2D eigenvalue weighted by Gasteiger charge is -2.13. The van der Waals surface area contributed by atoms with Gasteiger partial charge < -0.3 is 0 Å². The van der Waals surface area contributed by atoms with Gasteiger partial charge in [-0.1, -0.05) is 13.8 Å². The first-order chi connectivity index (χ1) is 5.93. The first kappa shape index (κ1) is 11.3. The second-order valence-corrected chi connectivity index (χ2v) is 6.46. The van der Waals surface area contributed by atoms with Crippen molar-refractivity contribution in [2.45, 2.75) is 37.3 Å². The Labute approximate surface area is 84.9 Å². The van der Waals surface area contributed by atoms with Gasteiger partial charge in [0.05, 0.1) is 5.25 Å². The molecule has 1 N–H and O–H groups in total. The molecule has 1 rings (SSSR count). The summed E-state index contributed by atoms with van der Waals surface area (Å²) in [5.41, 5.74) is 0. The molecule has 0 aromatic carbocycles. The summed E-state index contributed by atoms with van der Waals surface area (Å²) in [5.74, 6) is 0.295. The predicted octanol–water partition coefficient (Wildman–Crippen LogP) is 1.33.